The molecule has 0 aliphatic heterocycles. The molecule has 2 atom stereocenters. The number of aliphatic imine (C=N–C) groups is 1. The van der Waals surface area contributed by atoms with Crippen molar-refractivity contribution in [3.63, 3.8) is 0 Å². The van der Waals surface area contributed by atoms with Gasteiger partial charge in [-0.2, -0.15) is 5.10 Å². The van der Waals surface area contributed by atoms with Crippen molar-refractivity contribution in [3.05, 3.63) is 29.6 Å². The molecule has 0 saturated carbocycles. The molecule has 2 aliphatic rings. The predicted molar refractivity (Wildman–Crippen MR) is 99.4 cm³/mol. The first-order chi connectivity index (χ1) is 11.7. The zero-order valence-corrected chi connectivity index (χ0v) is 15.3. The van der Waals surface area contributed by atoms with Gasteiger partial charge in [0.15, 0.2) is 5.96 Å². The maximum absolute atomic E-state index is 4.76. The van der Waals surface area contributed by atoms with Crippen molar-refractivity contribution in [1.29, 1.82) is 0 Å². The van der Waals surface area contributed by atoms with Gasteiger partial charge in [-0.05, 0) is 57.4 Å². The van der Waals surface area contributed by atoms with E-state index in [-0.39, 0.29) is 0 Å². The van der Waals surface area contributed by atoms with E-state index < -0.39 is 0 Å². The minimum atomic E-state index is 0.422. The first kappa shape index (κ1) is 17.1. The summed E-state index contributed by atoms with van der Waals surface area (Å²) in [6.45, 7) is 5.37. The monoisotopic (exact) mass is 329 g/mol. The van der Waals surface area contributed by atoms with Gasteiger partial charge >= 0.3 is 0 Å². The lowest BCUT2D eigenvalue weighted by molar-refractivity contribution is 0.461. The number of aryl methyl sites for hydroxylation is 1. The van der Waals surface area contributed by atoms with Crippen LogP contribution < -0.4 is 10.6 Å². The summed E-state index contributed by atoms with van der Waals surface area (Å²) >= 11 is 0. The molecule has 0 amide bonds. The molecule has 0 bridgehead atoms. The van der Waals surface area contributed by atoms with Crippen molar-refractivity contribution >= 4 is 5.96 Å². The van der Waals surface area contributed by atoms with Crippen LogP contribution in [0.15, 0.2) is 23.3 Å². The number of guanidine groups is 1. The van der Waals surface area contributed by atoms with Gasteiger partial charge in [0.2, 0.25) is 0 Å². The zero-order chi connectivity index (χ0) is 16.9. The Labute approximate surface area is 145 Å². The molecule has 132 valence electrons. The molecule has 0 saturated heterocycles. The molecular weight excluding hydrogens is 298 g/mol. The Morgan fingerprint density at radius 2 is 2.25 bits per heavy atom. The Hall–Kier alpha value is -1.78. The van der Waals surface area contributed by atoms with Gasteiger partial charge in [0.05, 0.1) is 5.69 Å². The summed E-state index contributed by atoms with van der Waals surface area (Å²) in [5.41, 5.74) is 2.67. The Balaban J connectivity index is 1.52. The van der Waals surface area contributed by atoms with Crippen molar-refractivity contribution in [2.45, 2.75) is 64.5 Å². The van der Waals surface area contributed by atoms with E-state index >= 15 is 0 Å². The molecule has 0 fully saturated rings. The average molecular weight is 329 g/mol. The van der Waals surface area contributed by atoms with Gasteiger partial charge in [0.25, 0.3) is 0 Å². The van der Waals surface area contributed by atoms with Crippen LogP contribution in [0.2, 0.25) is 0 Å². The molecule has 3 rings (SSSR count). The van der Waals surface area contributed by atoms with Crippen LogP contribution in [0.1, 0.15) is 56.8 Å². The molecule has 2 N–H and O–H groups in total. The fourth-order valence-electron chi connectivity index (χ4n) is 3.57. The lowest BCUT2D eigenvalue weighted by atomic mass is 9.93. The van der Waals surface area contributed by atoms with Gasteiger partial charge in [-0.1, -0.05) is 12.2 Å². The maximum Gasteiger partial charge on any atom is 0.191 e. The predicted octanol–water partition coefficient (Wildman–Crippen LogP) is 2.84. The molecule has 0 spiro atoms. The third kappa shape index (κ3) is 4.19. The second-order valence-electron chi connectivity index (χ2n) is 7.36. The van der Waals surface area contributed by atoms with Crippen LogP contribution in [0.3, 0.4) is 0 Å². The Morgan fingerprint density at radius 1 is 1.38 bits per heavy atom. The quantitative estimate of drug-likeness (QED) is 0.507. The zero-order valence-electron chi connectivity index (χ0n) is 15.3. The van der Waals surface area contributed by atoms with Crippen LogP contribution in [0.5, 0.6) is 0 Å². The second kappa shape index (κ2) is 7.86. The van der Waals surface area contributed by atoms with Crippen LogP contribution >= 0.6 is 0 Å². The molecule has 5 heteroatoms. The first-order valence-electron chi connectivity index (χ1n) is 9.34. The third-order valence-corrected chi connectivity index (χ3v) is 5.13. The smallest absolute Gasteiger partial charge is 0.191 e. The van der Waals surface area contributed by atoms with Crippen molar-refractivity contribution in [2.24, 2.45) is 10.9 Å². The van der Waals surface area contributed by atoms with Crippen molar-refractivity contribution in [3.8, 4) is 0 Å². The molecule has 2 aliphatic carbocycles. The van der Waals surface area contributed by atoms with Crippen LogP contribution in [0, 0.1) is 5.92 Å². The number of nitrogens with one attached hydrogen (secondary N) is 2. The average Bonchev–Trinajstić information content (AvgIpc) is 3.03. The highest BCUT2D eigenvalue weighted by molar-refractivity contribution is 5.80. The standard InChI is InChI=1S/C19H31N5/c1-14(2)24-13-16-9-10-17(11-18(16)23-24)22-19(20-3)21-12-15-7-5-4-6-8-15/h4-5,13-15,17H,6-12H2,1-3H3,(H2,20,21,22). The van der Waals surface area contributed by atoms with E-state index in [1.807, 2.05) is 7.05 Å². The summed E-state index contributed by atoms with van der Waals surface area (Å²) in [7, 11) is 1.86. The molecule has 1 aromatic heterocycles. The fourth-order valence-corrected chi connectivity index (χ4v) is 3.57. The van der Waals surface area contributed by atoms with Crippen LogP contribution in [-0.4, -0.2) is 35.4 Å². The van der Waals surface area contributed by atoms with Gasteiger partial charge < -0.3 is 10.6 Å². The van der Waals surface area contributed by atoms with Gasteiger partial charge in [0.1, 0.15) is 0 Å². The molecular formula is C19H31N5. The van der Waals surface area contributed by atoms with Crippen molar-refractivity contribution < 1.29 is 0 Å². The van der Waals surface area contributed by atoms with E-state index in [0.717, 1.165) is 37.7 Å². The second-order valence-corrected chi connectivity index (χ2v) is 7.36. The maximum atomic E-state index is 4.76. The van der Waals surface area contributed by atoms with Crippen molar-refractivity contribution in [2.75, 3.05) is 13.6 Å². The highest BCUT2D eigenvalue weighted by Crippen LogP contribution is 2.22. The SMILES string of the molecule is CN=C(NCC1CC=CCC1)NC1CCc2cn(C(C)C)nc2C1. The summed E-state index contributed by atoms with van der Waals surface area (Å²) in [4.78, 5) is 4.41. The number of hydrogen-bond donors (Lipinski definition) is 2. The Morgan fingerprint density at radius 3 is 2.96 bits per heavy atom. The van der Waals surface area contributed by atoms with Gasteiger partial charge in [-0.25, -0.2) is 0 Å². The van der Waals surface area contributed by atoms with E-state index in [2.05, 4.69) is 52.5 Å². The molecule has 0 radical (unpaired) electrons. The van der Waals surface area contributed by atoms with Gasteiger partial charge in [-0.15, -0.1) is 0 Å². The van der Waals surface area contributed by atoms with Gasteiger partial charge in [0, 0.05) is 38.3 Å². The lowest BCUT2D eigenvalue weighted by Crippen LogP contribution is -2.46. The van der Waals surface area contributed by atoms with E-state index in [1.54, 1.807) is 0 Å². The summed E-state index contributed by atoms with van der Waals surface area (Å²) in [6, 6.07) is 0.853. The van der Waals surface area contributed by atoms with Crippen LogP contribution in [-0.2, 0) is 12.8 Å². The molecule has 24 heavy (non-hydrogen) atoms. The van der Waals surface area contributed by atoms with E-state index in [9.17, 15) is 0 Å². The minimum absolute atomic E-state index is 0.422. The molecule has 0 aromatic carbocycles. The molecule has 1 heterocycles. The highest BCUT2D eigenvalue weighted by Gasteiger charge is 2.23. The van der Waals surface area contributed by atoms with E-state index in [1.165, 1.54) is 30.5 Å². The summed E-state index contributed by atoms with van der Waals surface area (Å²) in [6.07, 6.45) is 13.7. The largest absolute Gasteiger partial charge is 0.356 e. The number of allylic oxidation sites excluding steroid dienone is 2. The number of rotatable bonds is 4. The highest BCUT2D eigenvalue weighted by atomic mass is 15.3. The number of aromatic nitrogens is 2. The number of hydrogen-bond acceptors (Lipinski definition) is 2. The number of nitrogens with zero attached hydrogens (tertiary/aromatic N) is 3. The molecule has 5 nitrogen and oxygen atoms in total. The summed E-state index contributed by atoms with van der Waals surface area (Å²) in [5, 5.41) is 11.9. The number of fused-ring (bicyclic) bond motifs is 1. The molecule has 2 unspecified atom stereocenters. The third-order valence-electron chi connectivity index (χ3n) is 5.13. The van der Waals surface area contributed by atoms with E-state index in [4.69, 9.17) is 5.10 Å². The van der Waals surface area contributed by atoms with Gasteiger partial charge in [-0.3, -0.25) is 9.67 Å². The topological polar surface area (TPSA) is 54.2 Å². The summed E-state index contributed by atoms with van der Waals surface area (Å²) < 4.78 is 2.09. The fraction of sp³-hybridized carbons (Fsp3) is 0.684. The van der Waals surface area contributed by atoms with E-state index in [0.29, 0.717) is 12.1 Å². The summed E-state index contributed by atoms with van der Waals surface area (Å²) in [5.74, 6) is 1.66. The van der Waals surface area contributed by atoms with Crippen LogP contribution in [0.4, 0.5) is 0 Å². The van der Waals surface area contributed by atoms with Crippen molar-refractivity contribution in [1.82, 2.24) is 20.4 Å². The Kier molecular flexibility index (Phi) is 5.59. The normalized spacial score (nSPS) is 24.1. The first-order valence-corrected chi connectivity index (χ1v) is 9.34. The lowest BCUT2D eigenvalue weighted by Gasteiger charge is -2.26. The Bertz CT molecular complexity index is 599. The molecule has 1 aromatic rings. The minimum Gasteiger partial charge on any atom is -0.356 e. The van der Waals surface area contributed by atoms with Crippen LogP contribution in [0.25, 0.3) is 0 Å².